The minimum absolute atomic E-state index is 0.482. The molecule has 0 saturated carbocycles. The molecule has 1 aromatic carbocycles. The van der Waals surface area contributed by atoms with Crippen LogP contribution in [0.4, 0.5) is 5.69 Å². The number of ether oxygens (including phenoxy) is 1. The summed E-state index contributed by atoms with van der Waals surface area (Å²) >= 11 is 6.26. The van der Waals surface area contributed by atoms with Crippen molar-refractivity contribution in [1.29, 1.82) is 5.26 Å². The van der Waals surface area contributed by atoms with Gasteiger partial charge in [-0.05, 0) is 17.7 Å². The highest BCUT2D eigenvalue weighted by atomic mass is 35.5. The Morgan fingerprint density at radius 2 is 2.00 bits per heavy atom. The second-order valence-corrected chi connectivity index (χ2v) is 6.03. The van der Waals surface area contributed by atoms with Gasteiger partial charge in [0.05, 0.1) is 41.6 Å². The van der Waals surface area contributed by atoms with Gasteiger partial charge in [0.2, 0.25) is 0 Å². The fourth-order valence-electron chi connectivity index (χ4n) is 2.85. The van der Waals surface area contributed by atoms with Crippen molar-refractivity contribution in [3.8, 4) is 6.07 Å². The largest absolute Gasteiger partial charge is 0.397 e. The average Bonchev–Trinajstić information content (AvgIpc) is 2.43. The molecule has 0 radical (unpaired) electrons. The minimum atomic E-state index is 0.482. The van der Waals surface area contributed by atoms with Gasteiger partial charge in [0.15, 0.2) is 0 Å². The first-order chi connectivity index (χ1) is 10.2. The highest BCUT2D eigenvalue weighted by molar-refractivity contribution is 6.33. The van der Waals surface area contributed by atoms with Gasteiger partial charge >= 0.3 is 0 Å². The van der Waals surface area contributed by atoms with Gasteiger partial charge in [-0.15, -0.1) is 0 Å². The van der Waals surface area contributed by atoms with E-state index >= 15 is 0 Å². The van der Waals surface area contributed by atoms with E-state index in [9.17, 15) is 0 Å². The van der Waals surface area contributed by atoms with E-state index in [-0.39, 0.29) is 0 Å². The Morgan fingerprint density at radius 1 is 1.29 bits per heavy atom. The lowest BCUT2D eigenvalue weighted by molar-refractivity contribution is -0.0774. The molecule has 0 bridgehead atoms. The Labute approximate surface area is 129 Å². The summed E-state index contributed by atoms with van der Waals surface area (Å²) < 4.78 is 5.25. The highest BCUT2D eigenvalue weighted by Crippen LogP contribution is 2.27. The number of nitrogens with zero attached hydrogens (tertiary/aromatic N) is 3. The van der Waals surface area contributed by atoms with Crippen molar-refractivity contribution in [2.24, 2.45) is 0 Å². The van der Waals surface area contributed by atoms with E-state index in [0.717, 1.165) is 51.5 Å². The molecule has 2 heterocycles. The zero-order valence-electron chi connectivity index (χ0n) is 11.9. The molecule has 2 N–H and O–H groups in total. The van der Waals surface area contributed by atoms with E-state index in [2.05, 4.69) is 15.9 Å². The predicted octanol–water partition coefficient (Wildman–Crippen LogP) is 1.31. The average molecular weight is 307 g/mol. The fraction of sp³-hybridized carbons (Fsp3) is 0.533. The molecular weight excluding hydrogens is 288 g/mol. The summed E-state index contributed by atoms with van der Waals surface area (Å²) in [6.07, 6.45) is 0. The standard InChI is InChI=1S/C15H19ClN4O/c16-15-12(5-11(7-17)6-14(15)18)8-19-1-3-20(4-2-19)13-9-21-10-13/h5-6,13H,1-4,8-10,18H2. The van der Waals surface area contributed by atoms with Crippen molar-refractivity contribution in [1.82, 2.24) is 9.80 Å². The van der Waals surface area contributed by atoms with Crippen LogP contribution < -0.4 is 5.73 Å². The topological polar surface area (TPSA) is 65.5 Å². The summed E-state index contributed by atoms with van der Waals surface area (Å²) in [5.74, 6) is 0. The van der Waals surface area contributed by atoms with E-state index in [0.29, 0.717) is 22.3 Å². The first-order valence-electron chi connectivity index (χ1n) is 7.19. The second kappa shape index (κ2) is 6.20. The Balaban J connectivity index is 1.62. The van der Waals surface area contributed by atoms with Gasteiger partial charge in [-0.3, -0.25) is 9.80 Å². The zero-order valence-corrected chi connectivity index (χ0v) is 12.6. The van der Waals surface area contributed by atoms with Crippen LogP contribution in [0.3, 0.4) is 0 Å². The molecule has 2 fully saturated rings. The highest BCUT2D eigenvalue weighted by Gasteiger charge is 2.28. The first-order valence-corrected chi connectivity index (χ1v) is 7.57. The van der Waals surface area contributed by atoms with Crippen LogP contribution in [0.5, 0.6) is 0 Å². The number of benzene rings is 1. The second-order valence-electron chi connectivity index (χ2n) is 5.65. The Morgan fingerprint density at radius 3 is 2.57 bits per heavy atom. The third-order valence-electron chi connectivity index (χ3n) is 4.24. The third-order valence-corrected chi connectivity index (χ3v) is 4.70. The number of piperazine rings is 1. The number of anilines is 1. The molecule has 1 aromatic rings. The molecule has 0 unspecified atom stereocenters. The minimum Gasteiger partial charge on any atom is -0.397 e. The van der Waals surface area contributed by atoms with Crippen molar-refractivity contribution in [3.63, 3.8) is 0 Å². The van der Waals surface area contributed by atoms with Gasteiger partial charge < -0.3 is 10.5 Å². The van der Waals surface area contributed by atoms with Crippen LogP contribution in [0, 0.1) is 11.3 Å². The molecule has 0 aliphatic carbocycles. The summed E-state index contributed by atoms with van der Waals surface area (Å²) in [6, 6.07) is 6.20. The smallest absolute Gasteiger partial charge is 0.0992 e. The molecule has 0 atom stereocenters. The number of nitrogens with two attached hydrogens (primary N) is 1. The van der Waals surface area contributed by atoms with E-state index < -0.39 is 0 Å². The number of halogens is 1. The molecule has 2 aliphatic rings. The van der Waals surface area contributed by atoms with Gasteiger partial charge in [0.1, 0.15) is 0 Å². The summed E-state index contributed by atoms with van der Waals surface area (Å²) in [7, 11) is 0. The number of rotatable bonds is 3. The summed E-state index contributed by atoms with van der Waals surface area (Å²) in [4.78, 5) is 4.85. The van der Waals surface area contributed by atoms with Crippen molar-refractivity contribution in [2.75, 3.05) is 45.1 Å². The molecule has 5 nitrogen and oxygen atoms in total. The first kappa shape index (κ1) is 14.6. The van der Waals surface area contributed by atoms with E-state index in [4.69, 9.17) is 27.3 Å². The molecule has 21 heavy (non-hydrogen) atoms. The Kier molecular flexibility index (Phi) is 4.32. The molecule has 3 rings (SSSR count). The van der Waals surface area contributed by atoms with Crippen LogP contribution >= 0.6 is 11.6 Å². The number of nitrogen functional groups attached to an aromatic ring is 1. The summed E-state index contributed by atoms with van der Waals surface area (Å²) in [5.41, 5.74) is 7.85. The van der Waals surface area contributed by atoms with Crippen molar-refractivity contribution in [2.45, 2.75) is 12.6 Å². The van der Waals surface area contributed by atoms with Crippen LogP contribution in [0.2, 0.25) is 5.02 Å². The lowest BCUT2D eigenvalue weighted by Crippen LogP contribution is -2.56. The predicted molar refractivity (Wildman–Crippen MR) is 82.0 cm³/mol. The number of hydrogen-bond acceptors (Lipinski definition) is 5. The van der Waals surface area contributed by atoms with Crippen LogP contribution in [-0.2, 0) is 11.3 Å². The maximum Gasteiger partial charge on any atom is 0.0992 e. The van der Waals surface area contributed by atoms with E-state index in [1.807, 2.05) is 6.07 Å². The number of hydrogen-bond donors (Lipinski definition) is 1. The zero-order chi connectivity index (χ0) is 14.8. The van der Waals surface area contributed by atoms with Crippen molar-refractivity contribution in [3.05, 3.63) is 28.3 Å². The van der Waals surface area contributed by atoms with Crippen molar-refractivity contribution >= 4 is 17.3 Å². The lowest BCUT2D eigenvalue weighted by Gasteiger charge is -2.42. The molecule has 0 spiro atoms. The number of nitriles is 1. The van der Waals surface area contributed by atoms with Gasteiger partial charge in [0, 0.05) is 32.7 Å². The maximum atomic E-state index is 9.03. The molecule has 112 valence electrons. The Hall–Kier alpha value is -1.32. The van der Waals surface area contributed by atoms with Gasteiger partial charge in [-0.25, -0.2) is 0 Å². The molecule has 2 aliphatic heterocycles. The third kappa shape index (κ3) is 3.14. The van der Waals surface area contributed by atoms with E-state index in [1.54, 1.807) is 6.07 Å². The normalized spacial score (nSPS) is 21.0. The lowest BCUT2D eigenvalue weighted by atomic mass is 10.1. The van der Waals surface area contributed by atoms with Gasteiger partial charge in [-0.2, -0.15) is 5.26 Å². The fourth-order valence-corrected chi connectivity index (χ4v) is 3.02. The van der Waals surface area contributed by atoms with Gasteiger partial charge in [0.25, 0.3) is 0 Å². The van der Waals surface area contributed by atoms with Crippen LogP contribution in [0.15, 0.2) is 12.1 Å². The van der Waals surface area contributed by atoms with E-state index in [1.165, 1.54) is 0 Å². The molecule has 2 saturated heterocycles. The Bertz CT molecular complexity index is 560. The molecule has 0 amide bonds. The molecule has 0 aromatic heterocycles. The monoisotopic (exact) mass is 306 g/mol. The molecule has 6 heteroatoms. The van der Waals surface area contributed by atoms with Crippen LogP contribution in [0.1, 0.15) is 11.1 Å². The van der Waals surface area contributed by atoms with Crippen molar-refractivity contribution < 1.29 is 4.74 Å². The summed E-state index contributed by atoms with van der Waals surface area (Å²) in [5, 5.41) is 9.60. The molecular formula is C15H19ClN4O. The van der Waals surface area contributed by atoms with Crippen LogP contribution in [-0.4, -0.2) is 55.2 Å². The van der Waals surface area contributed by atoms with Crippen LogP contribution in [0.25, 0.3) is 0 Å². The summed E-state index contributed by atoms with van der Waals surface area (Å²) in [6.45, 7) is 6.60. The van der Waals surface area contributed by atoms with Gasteiger partial charge in [-0.1, -0.05) is 11.6 Å². The maximum absolute atomic E-state index is 9.03. The quantitative estimate of drug-likeness (QED) is 0.853. The SMILES string of the molecule is N#Cc1cc(N)c(Cl)c(CN2CCN(C3COC3)CC2)c1.